The molecule has 0 radical (unpaired) electrons. The van der Waals surface area contributed by atoms with Gasteiger partial charge in [-0.3, -0.25) is 9.36 Å². The van der Waals surface area contributed by atoms with Crippen LogP contribution in [0.25, 0.3) is 11.8 Å². The van der Waals surface area contributed by atoms with Crippen molar-refractivity contribution in [2.45, 2.75) is 25.5 Å². The van der Waals surface area contributed by atoms with Gasteiger partial charge in [-0.2, -0.15) is 0 Å². The minimum Gasteiger partial charge on any atom is -0.488 e. The molecule has 4 aromatic carbocycles. The summed E-state index contributed by atoms with van der Waals surface area (Å²) in [5, 5.41) is 0.666. The zero-order chi connectivity index (χ0) is 27.1. The first-order chi connectivity index (χ1) is 19.7. The van der Waals surface area contributed by atoms with Gasteiger partial charge in [0.15, 0.2) is 4.80 Å². The molecule has 2 aliphatic rings. The summed E-state index contributed by atoms with van der Waals surface area (Å²) in [6.45, 7) is 0.339. The third-order valence-corrected chi connectivity index (χ3v) is 8.89. The van der Waals surface area contributed by atoms with E-state index in [2.05, 4.69) is 36.4 Å². The number of nitrogens with zero attached hydrogens (tertiary/aromatic N) is 2. The van der Waals surface area contributed by atoms with Crippen LogP contribution < -0.4 is 19.6 Å². The van der Waals surface area contributed by atoms with Gasteiger partial charge in [0.25, 0.3) is 5.56 Å². The van der Waals surface area contributed by atoms with E-state index in [-0.39, 0.29) is 11.6 Å². The molecule has 0 bridgehead atoms. The van der Waals surface area contributed by atoms with Crippen molar-refractivity contribution < 1.29 is 4.74 Å². The minimum absolute atomic E-state index is 0.0380. The van der Waals surface area contributed by atoms with Crippen molar-refractivity contribution in [3.8, 4) is 5.75 Å². The molecule has 1 aromatic heterocycles. The lowest BCUT2D eigenvalue weighted by atomic mass is 9.83. The average molecular weight is 561 g/mol. The Kier molecular flexibility index (Phi) is 6.46. The highest BCUT2D eigenvalue weighted by Gasteiger charge is 2.32. The molecule has 40 heavy (non-hydrogen) atoms. The molecule has 5 aromatic rings. The molecule has 196 valence electrons. The Balaban J connectivity index is 1.36. The van der Waals surface area contributed by atoms with Crippen molar-refractivity contribution in [2.75, 3.05) is 0 Å². The zero-order valence-electron chi connectivity index (χ0n) is 21.6. The van der Waals surface area contributed by atoms with Crippen molar-refractivity contribution in [1.82, 2.24) is 4.57 Å². The van der Waals surface area contributed by atoms with E-state index < -0.39 is 0 Å². The number of halogens is 1. The van der Waals surface area contributed by atoms with Gasteiger partial charge in [0.1, 0.15) is 12.4 Å². The van der Waals surface area contributed by atoms with E-state index in [4.69, 9.17) is 21.3 Å². The lowest BCUT2D eigenvalue weighted by Gasteiger charge is -2.30. The third kappa shape index (κ3) is 4.41. The molecule has 4 nitrogen and oxygen atoms in total. The van der Waals surface area contributed by atoms with E-state index in [1.807, 2.05) is 77.4 Å². The lowest BCUT2D eigenvalue weighted by Crippen LogP contribution is -2.38. The van der Waals surface area contributed by atoms with Crippen molar-refractivity contribution in [3.05, 3.63) is 161 Å². The van der Waals surface area contributed by atoms with E-state index in [0.717, 1.165) is 40.0 Å². The van der Waals surface area contributed by atoms with Crippen molar-refractivity contribution in [3.63, 3.8) is 0 Å². The number of hydrogen-bond acceptors (Lipinski definition) is 4. The van der Waals surface area contributed by atoms with Gasteiger partial charge in [0.05, 0.1) is 16.3 Å². The van der Waals surface area contributed by atoms with Crippen molar-refractivity contribution in [2.24, 2.45) is 4.99 Å². The molecular formula is C34H25ClN2O2S. The minimum atomic E-state index is -0.185. The average Bonchev–Trinajstić information content (AvgIpc) is 3.30. The van der Waals surface area contributed by atoms with Crippen LogP contribution >= 0.6 is 22.9 Å². The van der Waals surface area contributed by atoms with Crippen LogP contribution in [0.1, 0.15) is 40.3 Å². The van der Waals surface area contributed by atoms with E-state index in [1.165, 1.54) is 28.0 Å². The fourth-order valence-corrected chi connectivity index (χ4v) is 6.78. The predicted molar refractivity (Wildman–Crippen MR) is 161 cm³/mol. The Morgan fingerprint density at radius 2 is 1.65 bits per heavy atom. The first kappa shape index (κ1) is 24.8. The molecule has 0 fully saturated rings. The molecule has 0 unspecified atom stereocenters. The summed E-state index contributed by atoms with van der Waals surface area (Å²) in [6, 6.07) is 34.0. The summed E-state index contributed by atoms with van der Waals surface area (Å²) in [4.78, 5) is 19.9. The molecule has 0 spiro atoms. The number of rotatable bonds is 5. The summed E-state index contributed by atoms with van der Waals surface area (Å²) >= 11 is 7.77. The lowest BCUT2D eigenvalue weighted by molar-refractivity contribution is 0.305. The van der Waals surface area contributed by atoms with Gasteiger partial charge >= 0.3 is 0 Å². The zero-order valence-corrected chi connectivity index (χ0v) is 23.2. The quantitative estimate of drug-likeness (QED) is 0.245. The van der Waals surface area contributed by atoms with Gasteiger partial charge in [-0.1, -0.05) is 114 Å². The van der Waals surface area contributed by atoms with Crippen molar-refractivity contribution >= 4 is 34.7 Å². The smallest absolute Gasteiger partial charge is 0.271 e. The molecule has 1 aliphatic heterocycles. The molecule has 2 heterocycles. The van der Waals surface area contributed by atoms with Crippen LogP contribution in [-0.4, -0.2) is 4.57 Å². The van der Waals surface area contributed by atoms with Gasteiger partial charge in [0.2, 0.25) is 0 Å². The molecule has 6 heteroatoms. The molecule has 0 N–H and O–H groups in total. The van der Waals surface area contributed by atoms with Crippen LogP contribution in [0.2, 0.25) is 5.02 Å². The van der Waals surface area contributed by atoms with Crippen LogP contribution in [0.15, 0.2) is 118 Å². The maximum Gasteiger partial charge on any atom is 0.271 e. The molecule has 1 atom stereocenters. The number of ether oxygens (including phenoxy) is 1. The monoisotopic (exact) mass is 560 g/mol. The normalized spacial score (nSPS) is 16.1. The second-order valence-electron chi connectivity index (χ2n) is 9.94. The summed E-state index contributed by atoms with van der Waals surface area (Å²) < 4.78 is 8.68. The van der Waals surface area contributed by atoms with Crippen LogP contribution in [0.3, 0.4) is 0 Å². The third-order valence-electron chi connectivity index (χ3n) is 7.53. The van der Waals surface area contributed by atoms with E-state index in [1.54, 1.807) is 0 Å². The fourth-order valence-electron chi connectivity index (χ4n) is 5.60. The Hall–Kier alpha value is -4.19. The Labute approximate surface area is 240 Å². The molecule has 0 saturated carbocycles. The van der Waals surface area contributed by atoms with E-state index >= 15 is 0 Å². The number of allylic oxidation sites excluding steroid dienone is 1. The summed E-state index contributed by atoms with van der Waals surface area (Å²) in [5.41, 5.74) is 7.49. The summed E-state index contributed by atoms with van der Waals surface area (Å²) in [5.74, 6) is 0.695. The number of fused-ring (bicyclic) bond motifs is 3. The highest BCUT2D eigenvalue weighted by Crippen LogP contribution is 2.41. The van der Waals surface area contributed by atoms with Gasteiger partial charge in [-0.05, 0) is 47.8 Å². The molecule has 0 amide bonds. The topological polar surface area (TPSA) is 43.6 Å². The largest absolute Gasteiger partial charge is 0.488 e. The van der Waals surface area contributed by atoms with Crippen LogP contribution in [-0.2, 0) is 13.0 Å². The summed E-state index contributed by atoms with van der Waals surface area (Å²) in [7, 11) is 0. The molecular weight excluding hydrogens is 536 g/mol. The van der Waals surface area contributed by atoms with Gasteiger partial charge in [-0.15, -0.1) is 0 Å². The molecule has 1 aliphatic carbocycles. The maximum atomic E-state index is 14.1. The summed E-state index contributed by atoms with van der Waals surface area (Å²) in [6.07, 6.45) is 3.73. The van der Waals surface area contributed by atoms with Gasteiger partial charge < -0.3 is 4.74 Å². The van der Waals surface area contributed by atoms with E-state index in [0.29, 0.717) is 21.9 Å². The van der Waals surface area contributed by atoms with Crippen LogP contribution in [0, 0.1) is 0 Å². The second kappa shape index (κ2) is 10.4. The Bertz CT molecular complexity index is 1960. The molecule has 0 saturated heterocycles. The van der Waals surface area contributed by atoms with Crippen LogP contribution in [0.5, 0.6) is 5.75 Å². The Morgan fingerprint density at radius 3 is 2.52 bits per heavy atom. The number of aromatic nitrogens is 1. The number of benzene rings is 4. The predicted octanol–water partition coefficient (Wildman–Crippen LogP) is 6.55. The number of para-hydroxylation sites is 1. The second-order valence-corrected chi connectivity index (χ2v) is 11.4. The van der Waals surface area contributed by atoms with Crippen molar-refractivity contribution in [1.29, 1.82) is 0 Å². The standard InChI is InChI=1S/C34H25ClN2O2S/c35-28-16-8-5-14-25(28)21-39-29-17-9-6-13-24(29)20-30-33(38)37-32(23-11-2-1-3-12-23)27-19-18-22-10-4-7-15-26(22)31(27)36-34(37)40-30/h1-17,20,32H,18-19,21H2/b30-20-/t32-/m0/s1. The maximum absolute atomic E-state index is 14.1. The first-order valence-corrected chi connectivity index (χ1v) is 14.5. The van der Waals surface area contributed by atoms with Gasteiger partial charge in [-0.25, -0.2) is 4.99 Å². The van der Waals surface area contributed by atoms with Gasteiger partial charge in [0, 0.05) is 21.7 Å². The van der Waals surface area contributed by atoms with Crippen LogP contribution in [0.4, 0.5) is 0 Å². The molecule has 7 rings (SSSR count). The first-order valence-electron chi connectivity index (χ1n) is 13.3. The number of aryl methyl sites for hydroxylation is 1. The highest BCUT2D eigenvalue weighted by atomic mass is 35.5. The highest BCUT2D eigenvalue weighted by molar-refractivity contribution is 7.07. The fraction of sp³-hybridized carbons (Fsp3) is 0.118. The Morgan fingerprint density at radius 1 is 0.900 bits per heavy atom. The van der Waals surface area contributed by atoms with E-state index in [9.17, 15) is 4.79 Å². The number of thiazole rings is 1. The SMILES string of the molecule is O=c1/c(=C/c2ccccc2OCc2ccccc2Cl)sc2n1[C@@H](c1ccccc1)C1=C(N=2)c2ccccc2CC1. The number of hydrogen-bond donors (Lipinski definition) is 0.